The Bertz CT molecular complexity index is 343. The largest absolute Gasteiger partial charge is 0.440 e. The predicted octanol–water partition coefficient (Wildman–Crippen LogP) is 4.56. The number of hydrogen-bond donors (Lipinski definition) is 0. The average Bonchev–Trinajstić information content (AvgIpc) is 2.02. The van der Waals surface area contributed by atoms with Crippen LogP contribution in [0, 0.1) is 0 Å². The molecule has 0 aliphatic heterocycles. The van der Waals surface area contributed by atoms with E-state index in [-0.39, 0.29) is 0 Å². The standard InChI is InChI=1S/C12H38O4SSi6/c1-18(2)13-20(5,6)15-22(9,10)17-23(11,12)16-21(7,8)14-19(3)4/h18-19H,1-12H3. The molecule has 0 aromatic heterocycles. The Balaban J connectivity index is 4.85. The van der Waals surface area contributed by atoms with Crippen LogP contribution in [0.1, 0.15) is 0 Å². The molecule has 0 atom stereocenters. The van der Waals surface area contributed by atoms with E-state index in [0.29, 0.717) is 0 Å². The minimum atomic E-state index is -2.03. The molecule has 0 spiro atoms. The fraction of sp³-hybridized carbons (Fsp3) is 1.00. The lowest BCUT2D eigenvalue weighted by molar-refractivity contribution is 0.410. The first-order valence-corrected chi connectivity index (χ1v) is 27.7. The van der Waals surface area contributed by atoms with Gasteiger partial charge in [-0.2, -0.15) is 10.7 Å². The third-order valence-electron chi connectivity index (χ3n) is 2.51. The lowest BCUT2D eigenvalue weighted by Crippen LogP contribution is -2.52. The molecule has 0 aromatic rings. The summed E-state index contributed by atoms with van der Waals surface area (Å²) < 4.78 is 25.5. The van der Waals surface area contributed by atoms with Crippen LogP contribution in [0.2, 0.25) is 78.6 Å². The quantitative estimate of drug-likeness (QED) is 0.460. The van der Waals surface area contributed by atoms with Gasteiger partial charge >= 0.3 is 17.1 Å². The molecule has 0 heterocycles. The maximum absolute atomic E-state index is 6.56. The second kappa shape index (κ2) is 8.92. The van der Waals surface area contributed by atoms with Crippen molar-refractivity contribution in [3.8, 4) is 0 Å². The molecule has 4 nitrogen and oxygen atoms in total. The second-order valence-electron chi connectivity index (χ2n) is 8.24. The van der Waals surface area contributed by atoms with E-state index >= 15 is 0 Å². The molecule has 0 aliphatic carbocycles. The Morgan fingerprint density at radius 1 is 0.565 bits per heavy atom. The zero-order valence-corrected chi connectivity index (χ0v) is 24.3. The summed E-state index contributed by atoms with van der Waals surface area (Å²) in [6.07, 6.45) is 0. The van der Waals surface area contributed by atoms with Gasteiger partial charge in [0.25, 0.3) is 0 Å². The van der Waals surface area contributed by atoms with Crippen molar-refractivity contribution in [1.29, 1.82) is 0 Å². The van der Waals surface area contributed by atoms with E-state index in [1.54, 1.807) is 0 Å². The Hall–Kier alpha value is 1.49. The van der Waals surface area contributed by atoms with Gasteiger partial charge in [0.05, 0.1) is 0 Å². The molecule has 0 unspecified atom stereocenters. The second-order valence-corrected chi connectivity index (χ2v) is 35.7. The summed E-state index contributed by atoms with van der Waals surface area (Å²) >= 11 is 0. The molecular formula is C12H38O4SSi6. The lowest BCUT2D eigenvalue weighted by atomic mass is 11.9. The van der Waals surface area contributed by atoms with Crippen LogP contribution < -0.4 is 0 Å². The van der Waals surface area contributed by atoms with Gasteiger partial charge in [0.1, 0.15) is 0 Å². The van der Waals surface area contributed by atoms with E-state index in [4.69, 9.17) is 16.5 Å². The van der Waals surface area contributed by atoms with E-state index in [1.807, 2.05) is 10.7 Å². The van der Waals surface area contributed by atoms with Gasteiger partial charge in [0, 0.05) is 0 Å². The van der Waals surface area contributed by atoms with Crippen LogP contribution >= 0.6 is 10.7 Å². The third kappa shape index (κ3) is 12.5. The summed E-state index contributed by atoms with van der Waals surface area (Å²) in [6.45, 7) is 26.7. The van der Waals surface area contributed by atoms with E-state index in [2.05, 4.69) is 78.6 Å². The normalized spacial score (nSPS) is 14.9. The van der Waals surface area contributed by atoms with Crippen molar-refractivity contribution in [3.63, 3.8) is 0 Å². The van der Waals surface area contributed by atoms with Crippen molar-refractivity contribution in [2.24, 2.45) is 0 Å². The topological polar surface area (TPSA) is 36.9 Å². The zero-order valence-electron chi connectivity index (χ0n) is 17.2. The molecule has 0 saturated heterocycles. The number of hydrogen-bond acceptors (Lipinski definition) is 5. The highest BCUT2D eigenvalue weighted by molar-refractivity contribution is 8.49. The Labute approximate surface area is 155 Å². The van der Waals surface area contributed by atoms with E-state index in [1.165, 1.54) is 0 Å². The van der Waals surface area contributed by atoms with E-state index in [0.717, 1.165) is 0 Å². The molecule has 23 heavy (non-hydrogen) atoms. The van der Waals surface area contributed by atoms with Crippen LogP contribution in [0.3, 0.4) is 0 Å². The van der Waals surface area contributed by atoms with E-state index < -0.39 is 50.1 Å². The van der Waals surface area contributed by atoms with Crippen molar-refractivity contribution in [3.05, 3.63) is 0 Å². The van der Waals surface area contributed by atoms with Crippen molar-refractivity contribution in [2.75, 3.05) is 0 Å². The van der Waals surface area contributed by atoms with Gasteiger partial charge in [-0.3, -0.25) is 0 Å². The maximum atomic E-state index is 6.56. The van der Waals surface area contributed by atoms with Gasteiger partial charge in [-0.15, -0.1) is 0 Å². The van der Waals surface area contributed by atoms with Crippen molar-refractivity contribution in [2.45, 2.75) is 78.6 Å². The highest BCUT2D eigenvalue weighted by atomic mass is 32.5. The van der Waals surface area contributed by atoms with E-state index in [9.17, 15) is 0 Å². The summed E-state index contributed by atoms with van der Waals surface area (Å²) in [5.41, 5.74) is 0. The fourth-order valence-electron chi connectivity index (χ4n) is 3.00. The molecule has 11 heteroatoms. The summed E-state index contributed by atoms with van der Waals surface area (Å²) in [4.78, 5) is 0. The number of rotatable bonds is 10. The van der Waals surface area contributed by atoms with Gasteiger partial charge in [-0.1, -0.05) is 0 Å². The van der Waals surface area contributed by atoms with Gasteiger partial charge in [0.15, 0.2) is 18.1 Å². The smallest absolute Gasteiger partial charge is 0.311 e. The van der Waals surface area contributed by atoms with Gasteiger partial charge in [-0.05, 0) is 78.6 Å². The monoisotopic (exact) mass is 446 g/mol. The summed E-state index contributed by atoms with van der Waals surface area (Å²) in [5.74, 6) is 0. The molecular weight excluding hydrogens is 409 g/mol. The van der Waals surface area contributed by atoms with Crippen LogP contribution in [0.4, 0.5) is 0 Å². The lowest BCUT2D eigenvalue weighted by Gasteiger charge is -2.40. The van der Waals surface area contributed by atoms with Crippen LogP contribution in [0.15, 0.2) is 0 Å². The first-order chi connectivity index (χ1) is 9.95. The molecule has 0 bridgehead atoms. The molecule has 0 amide bonds. The first-order valence-electron chi connectivity index (χ1n) is 8.41. The highest BCUT2D eigenvalue weighted by Gasteiger charge is 2.44. The third-order valence-corrected chi connectivity index (χ3v) is 33.0. The molecule has 140 valence electrons. The summed E-state index contributed by atoms with van der Waals surface area (Å²) in [5, 5.41) is 0. The molecule has 0 fully saturated rings. The average molecular weight is 447 g/mol. The Morgan fingerprint density at radius 3 is 1.04 bits per heavy atom. The van der Waals surface area contributed by atoms with Gasteiger partial charge in [-0.25, -0.2) is 0 Å². The molecule has 0 saturated carbocycles. The van der Waals surface area contributed by atoms with Gasteiger partial charge in [0.2, 0.25) is 14.9 Å². The molecule has 0 aliphatic rings. The predicted molar refractivity (Wildman–Crippen MR) is 120 cm³/mol. The van der Waals surface area contributed by atoms with Crippen LogP contribution in [0.5, 0.6) is 0 Å². The van der Waals surface area contributed by atoms with Crippen LogP contribution in [-0.2, 0) is 16.5 Å². The minimum absolute atomic E-state index is 1.07. The van der Waals surface area contributed by atoms with Crippen molar-refractivity contribution < 1.29 is 16.5 Å². The molecule has 0 N–H and O–H groups in total. The maximum Gasteiger partial charge on any atom is 0.311 e. The Morgan fingerprint density at radius 2 is 0.826 bits per heavy atom. The Kier molecular flexibility index (Phi) is 9.50. The minimum Gasteiger partial charge on any atom is -0.440 e. The molecule has 0 rings (SSSR count). The van der Waals surface area contributed by atoms with Crippen molar-refractivity contribution in [1.82, 2.24) is 0 Å². The fourth-order valence-corrected chi connectivity index (χ4v) is 45.1. The van der Waals surface area contributed by atoms with Crippen molar-refractivity contribution >= 4 is 60.8 Å². The van der Waals surface area contributed by atoms with Crippen LogP contribution in [-0.4, -0.2) is 50.1 Å². The first kappa shape index (κ1) is 24.5. The zero-order chi connectivity index (χ0) is 18.7. The highest BCUT2D eigenvalue weighted by Crippen LogP contribution is 2.36. The summed E-state index contributed by atoms with van der Waals surface area (Å²) in [7, 11) is -7.99. The summed E-state index contributed by atoms with van der Waals surface area (Å²) in [6, 6.07) is 0. The van der Waals surface area contributed by atoms with Crippen LogP contribution in [0.25, 0.3) is 0 Å². The molecule has 0 radical (unpaired) electrons. The van der Waals surface area contributed by atoms with Gasteiger partial charge < -0.3 is 16.5 Å². The SMILES string of the molecule is C[SiH](C)O[Si](C)(C)O[Si](C)(C)S[Si](C)(C)O[Si](C)(C)O[SiH](C)C. The molecule has 0 aromatic carbocycles.